The van der Waals surface area contributed by atoms with Gasteiger partial charge in [-0.1, -0.05) is 17.7 Å². The molecule has 3 N–H and O–H groups in total. The van der Waals surface area contributed by atoms with E-state index in [1.54, 1.807) is 12.1 Å². The summed E-state index contributed by atoms with van der Waals surface area (Å²) >= 11 is 5.73. The van der Waals surface area contributed by atoms with Gasteiger partial charge in [-0.2, -0.15) is 0 Å². The topological polar surface area (TPSA) is 46.2 Å². The summed E-state index contributed by atoms with van der Waals surface area (Å²) in [5.74, 6) is 0.217. The van der Waals surface area contributed by atoms with Gasteiger partial charge in [-0.3, -0.25) is 0 Å². The maximum atomic E-state index is 9.63. The number of phenols is 1. The fourth-order valence-corrected chi connectivity index (χ4v) is 1.92. The summed E-state index contributed by atoms with van der Waals surface area (Å²) in [6.07, 6.45) is 3.03. The lowest BCUT2D eigenvalue weighted by molar-refractivity contribution is 0.245. The lowest BCUT2D eigenvalue weighted by atomic mass is 9.72. The molecule has 70 valence electrons. The minimum absolute atomic E-state index is 0.217. The van der Waals surface area contributed by atoms with Crippen LogP contribution < -0.4 is 5.73 Å². The monoisotopic (exact) mass is 197 g/mol. The third kappa shape index (κ3) is 1.40. The molecule has 1 aromatic carbocycles. The molecule has 1 aromatic rings. The standard InChI is InChI=1S/C10H12ClNO/c11-7-2-3-8(9(13)6-7)10(12)4-1-5-10/h2-3,6,13H,1,4-5,12H2. The van der Waals surface area contributed by atoms with E-state index in [2.05, 4.69) is 0 Å². The lowest BCUT2D eigenvalue weighted by Crippen LogP contribution is -2.43. The van der Waals surface area contributed by atoms with Gasteiger partial charge in [0.1, 0.15) is 5.75 Å². The Hall–Kier alpha value is -0.730. The zero-order chi connectivity index (χ0) is 9.47. The first-order chi connectivity index (χ1) is 6.12. The molecule has 13 heavy (non-hydrogen) atoms. The Balaban J connectivity index is 2.40. The number of hydrogen-bond acceptors (Lipinski definition) is 2. The summed E-state index contributed by atoms with van der Waals surface area (Å²) in [6.45, 7) is 0. The molecule has 0 radical (unpaired) electrons. The van der Waals surface area contributed by atoms with Crippen molar-refractivity contribution in [1.82, 2.24) is 0 Å². The fourth-order valence-electron chi connectivity index (χ4n) is 1.75. The molecule has 0 unspecified atom stereocenters. The highest BCUT2D eigenvalue weighted by Crippen LogP contribution is 2.42. The van der Waals surface area contributed by atoms with E-state index in [4.69, 9.17) is 17.3 Å². The van der Waals surface area contributed by atoms with E-state index in [9.17, 15) is 5.11 Å². The van der Waals surface area contributed by atoms with Crippen molar-refractivity contribution < 1.29 is 5.11 Å². The molecule has 0 amide bonds. The summed E-state index contributed by atoms with van der Waals surface area (Å²) < 4.78 is 0. The van der Waals surface area contributed by atoms with Gasteiger partial charge in [0.2, 0.25) is 0 Å². The van der Waals surface area contributed by atoms with Crippen LogP contribution in [0.15, 0.2) is 18.2 Å². The summed E-state index contributed by atoms with van der Waals surface area (Å²) in [7, 11) is 0. The van der Waals surface area contributed by atoms with Crippen molar-refractivity contribution >= 4 is 11.6 Å². The summed E-state index contributed by atoms with van der Waals surface area (Å²) in [4.78, 5) is 0. The van der Waals surface area contributed by atoms with E-state index in [0.717, 1.165) is 24.8 Å². The molecule has 3 heteroatoms. The Morgan fingerprint density at radius 3 is 2.54 bits per heavy atom. The van der Waals surface area contributed by atoms with Gasteiger partial charge in [-0.15, -0.1) is 0 Å². The highest BCUT2D eigenvalue weighted by Gasteiger charge is 2.36. The van der Waals surface area contributed by atoms with Gasteiger partial charge in [0, 0.05) is 16.1 Å². The quantitative estimate of drug-likeness (QED) is 0.726. The Kier molecular flexibility index (Phi) is 1.97. The molecule has 0 atom stereocenters. The van der Waals surface area contributed by atoms with E-state index < -0.39 is 0 Å². The second kappa shape index (κ2) is 2.89. The fraction of sp³-hybridized carbons (Fsp3) is 0.400. The second-order valence-corrected chi connectivity index (χ2v) is 4.11. The summed E-state index contributed by atoms with van der Waals surface area (Å²) in [6, 6.07) is 5.13. The number of nitrogens with two attached hydrogens (primary N) is 1. The third-order valence-electron chi connectivity index (χ3n) is 2.74. The Morgan fingerprint density at radius 2 is 2.08 bits per heavy atom. The van der Waals surface area contributed by atoms with Crippen molar-refractivity contribution in [2.75, 3.05) is 0 Å². The average Bonchev–Trinajstić information content (AvgIpc) is 2.00. The van der Waals surface area contributed by atoms with Crippen molar-refractivity contribution in [2.24, 2.45) is 5.73 Å². The first-order valence-electron chi connectivity index (χ1n) is 4.40. The van der Waals surface area contributed by atoms with Crippen LogP contribution in [0.3, 0.4) is 0 Å². The molecule has 0 aliphatic heterocycles. The van der Waals surface area contributed by atoms with Crippen molar-refractivity contribution in [3.8, 4) is 5.75 Å². The normalized spacial score (nSPS) is 19.5. The predicted molar refractivity (Wildman–Crippen MR) is 52.8 cm³/mol. The minimum atomic E-state index is -0.311. The molecule has 2 nitrogen and oxygen atoms in total. The number of phenolic OH excluding ortho intramolecular Hbond substituents is 1. The van der Waals surface area contributed by atoms with Gasteiger partial charge < -0.3 is 10.8 Å². The molecule has 1 saturated carbocycles. The van der Waals surface area contributed by atoms with E-state index in [-0.39, 0.29) is 11.3 Å². The largest absolute Gasteiger partial charge is 0.508 e. The maximum absolute atomic E-state index is 9.63. The number of halogens is 1. The maximum Gasteiger partial charge on any atom is 0.122 e. The predicted octanol–water partition coefficient (Wildman–Crippen LogP) is 2.38. The van der Waals surface area contributed by atoms with Gasteiger partial charge in [-0.05, 0) is 31.4 Å². The van der Waals surface area contributed by atoms with Crippen molar-refractivity contribution in [3.63, 3.8) is 0 Å². The van der Waals surface area contributed by atoms with E-state index in [1.807, 2.05) is 6.07 Å². The molecule has 0 spiro atoms. The zero-order valence-corrected chi connectivity index (χ0v) is 8.01. The van der Waals surface area contributed by atoms with Gasteiger partial charge in [0.25, 0.3) is 0 Å². The SMILES string of the molecule is NC1(c2ccc(Cl)cc2O)CCC1. The van der Waals surface area contributed by atoms with Crippen LogP contribution in [-0.4, -0.2) is 5.11 Å². The van der Waals surface area contributed by atoms with E-state index in [0.29, 0.717) is 5.02 Å². The molecule has 2 rings (SSSR count). The van der Waals surface area contributed by atoms with Gasteiger partial charge in [0.15, 0.2) is 0 Å². The highest BCUT2D eigenvalue weighted by atomic mass is 35.5. The van der Waals surface area contributed by atoms with Gasteiger partial charge >= 0.3 is 0 Å². The molecular weight excluding hydrogens is 186 g/mol. The number of hydrogen-bond donors (Lipinski definition) is 2. The zero-order valence-electron chi connectivity index (χ0n) is 7.26. The Bertz CT molecular complexity index is 334. The van der Waals surface area contributed by atoms with Crippen molar-refractivity contribution in [1.29, 1.82) is 0 Å². The molecule has 0 bridgehead atoms. The van der Waals surface area contributed by atoms with Crippen LogP contribution in [-0.2, 0) is 5.54 Å². The smallest absolute Gasteiger partial charge is 0.122 e. The Morgan fingerprint density at radius 1 is 1.38 bits per heavy atom. The first kappa shape index (κ1) is 8.85. The number of rotatable bonds is 1. The minimum Gasteiger partial charge on any atom is -0.508 e. The van der Waals surface area contributed by atoms with Crippen LogP contribution in [0, 0.1) is 0 Å². The lowest BCUT2D eigenvalue weighted by Gasteiger charge is -2.38. The average molecular weight is 198 g/mol. The summed E-state index contributed by atoms with van der Waals surface area (Å²) in [5, 5.41) is 10.2. The third-order valence-corrected chi connectivity index (χ3v) is 2.98. The molecule has 0 aromatic heterocycles. The molecule has 0 saturated heterocycles. The molecular formula is C10H12ClNO. The van der Waals surface area contributed by atoms with Crippen LogP contribution in [0.4, 0.5) is 0 Å². The molecule has 1 aliphatic carbocycles. The van der Waals surface area contributed by atoms with E-state index >= 15 is 0 Å². The number of aromatic hydroxyl groups is 1. The van der Waals surface area contributed by atoms with Gasteiger partial charge in [-0.25, -0.2) is 0 Å². The molecule has 1 fully saturated rings. The second-order valence-electron chi connectivity index (χ2n) is 3.67. The van der Waals surface area contributed by atoms with Crippen molar-refractivity contribution in [2.45, 2.75) is 24.8 Å². The number of benzene rings is 1. The van der Waals surface area contributed by atoms with Crippen molar-refractivity contribution in [3.05, 3.63) is 28.8 Å². The van der Waals surface area contributed by atoms with Crippen LogP contribution >= 0.6 is 11.6 Å². The molecule has 1 aliphatic rings. The van der Waals surface area contributed by atoms with Crippen LogP contribution in [0.2, 0.25) is 5.02 Å². The Labute approximate surface area is 82.3 Å². The van der Waals surface area contributed by atoms with Crippen LogP contribution in [0.5, 0.6) is 5.75 Å². The van der Waals surface area contributed by atoms with E-state index in [1.165, 1.54) is 0 Å². The van der Waals surface area contributed by atoms with Crippen LogP contribution in [0.1, 0.15) is 24.8 Å². The van der Waals surface area contributed by atoms with Gasteiger partial charge in [0.05, 0.1) is 0 Å². The van der Waals surface area contributed by atoms with Crippen LogP contribution in [0.25, 0.3) is 0 Å². The highest BCUT2D eigenvalue weighted by molar-refractivity contribution is 6.30. The molecule has 0 heterocycles. The first-order valence-corrected chi connectivity index (χ1v) is 4.77. The summed E-state index contributed by atoms with van der Waals surface area (Å²) in [5.41, 5.74) is 6.58.